The Morgan fingerprint density at radius 2 is 1.96 bits per heavy atom. The molecule has 0 spiro atoms. The highest BCUT2D eigenvalue weighted by Crippen LogP contribution is 2.07. The maximum Gasteiger partial charge on any atom is 0.335 e. The van der Waals surface area contributed by atoms with E-state index in [0.29, 0.717) is 0 Å². The van der Waals surface area contributed by atoms with E-state index in [4.69, 9.17) is 4.42 Å². The number of carbonyl (C=O) groups is 1. The summed E-state index contributed by atoms with van der Waals surface area (Å²) in [5.41, 5.74) is 2.08. The number of nitrogens with zero attached hydrogens (tertiary/aromatic N) is 2. The molecule has 1 heterocycles. The molecule has 0 saturated heterocycles. The number of nitrogens with one attached hydrogen (secondary N) is 1. The second kappa shape index (κ2) is 7.19. The van der Waals surface area contributed by atoms with Gasteiger partial charge in [0.05, 0.1) is 0 Å². The summed E-state index contributed by atoms with van der Waals surface area (Å²) in [4.78, 5) is 11.7. The lowest BCUT2D eigenvalue weighted by Crippen LogP contribution is -2.23. The van der Waals surface area contributed by atoms with Gasteiger partial charge >= 0.3 is 5.22 Å². The summed E-state index contributed by atoms with van der Waals surface area (Å²) in [6.45, 7) is 2.26. The van der Waals surface area contributed by atoms with Crippen LogP contribution in [0, 0.1) is 6.92 Å². The normalized spacial score (nSPS) is 11.7. The average Bonchev–Trinajstić information content (AvgIpc) is 2.96. The van der Waals surface area contributed by atoms with Crippen molar-refractivity contribution >= 4 is 21.8 Å². The molecule has 8 heteroatoms. The third kappa shape index (κ3) is 5.33. The molecule has 0 aliphatic rings. The molecular formula is C15H17N3O4S. The van der Waals surface area contributed by atoms with Gasteiger partial charge < -0.3 is 9.73 Å². The number of amides is 1. The lowest BCUT2D eigenvalue weighted by Gasteiger charge is -1.99. The minimum absolute atomic E-state index is 0.160. The summed E-state index contributed by atoms with van der Waals surface area (Å²) in [7, 11) is -3.50. The van der Waals surface area contributed by atoms with Crippen molar-refractivity contribution in [3.63, 3.8) is 0 Å². The zero-order valence-corrected chi connectivity index (χ0v) is 13.6. The Labute approximate surface area is 134 Å². The van der Waals surface area contributed by atoms with Gasteiger partial charge in [-0.25, -0.2) is 8.42 Å². The van der Waals surface area contributed by atoms with E-state index in [9.17, 15) is 13.2 Å². The van der Waals surface area contributed by atoms with Crippen molar-refractivity contribution in [2.24, 2.45) is 0 Å². The second-order valence-electron chi connectivity index (χ2n) is 5.02. The van der Waals surface area contributed by atoms with Crippen molar-refractivity contribution in [2.45, 2.75) is 18.6 Å². The Morgan fingerprint density at radius 1 is 1.26 bits per heavy atom. The Kier molecular flexibility index (Phi) is 5.28. The largest absolute Gasteiger partial charge is 0.412 e. The van der Waals surface area contributed by atoms with Gasteiger partial charge in [-0.05, 0) is 18.6 Å². The zero-order valence-electron chi connectivity index (χ0n) is 12.8. The maximum absolute atomic E-state index is 11.7. The van der Waals surface area contributed by atoms with Gasteiger partial charge in [0, 0.05) is 25.3 Å². The molecular weight excluding hydrogens is 318 g/mol. The Bertz CT molecular complexity index is 808. The van der Waals surface area contributed by atoms with Crippen molar-refractivity contribution in [2.75, 3.05) is 12.8 Å². The van der Waals surface area contributed by atoms with E-state index < -0.39 is 15.1 Å². The molecule has 7 nitrogen and oxygen atoms in total. The van der Waals surface area contributed by atoms with E-state index in [2.05, 4.69) is 15.5 Å². The van der Waals surface area contributed by atoms with Crippen molar-refractivity contribution in [1.29, 1.82) is 0 Å². The zero-order chi connectivity index (χ0) is 16.9. The van der Waals surface area contributed by atoms with E-state index in [-0.39, 0.29) is 24.8 Å². The highest BCUT2D eigenvalue weighted by atomic mass is 32.2. The number of sulfone groups is 1. The molecule has 1 N–H and O–H groups in total. The Hall–Kier alpha value is -2.48. The topological polar surface area (TPSA) is 102 Å². The smallest absolute Gasteiger partial charge is 0.335 e. The summed E-state index contributed by atoms with van der Waals surface area (Å²) in [6.07, 6.45) is 4.39. The molecule has 0 aliphatic carbocycles. The number of aryl methyl sites for hydroxylation is 1. The third-order valence-electron chi connectivity index (χ3n) is 2.91. The fraction of sp³-hybridized carbons (Fsp3) is 0.267. The van der Waals surface area contributed by atoms with Crippen LogP contribution in [0.1, 0.15) is 17.0 Å². The first-order valence-corrected chi connectivity index (χ1v) is 8.79. The number of rotatable bonds is 6. The van der Waals surface area contributed by atoms with Gasteiger partial charge in [0.1, 0.15) is 0 Å². The summed E-state index contributed by atoms with van der Waals surface area (Å²) in [6, 6.07) is 7.77. The molecule has 0 bridgehead atoms. The molecule has 0 fully saturated rings. The van der Waals surface area contributed by atoms with Crippen molar-refractivity contribution in [3.05, 3.63) is 47.4 Å². The fourth-order valence-corrected chi connectivity index (χ4v) is 2.13. The van der Waals surface area contributed by atoms with Crippen molar-refractivity contribution in [1.82, 2.24) is 15.5 Å². The van der Waals surface area contributed by atoms with Crippen LogP contribution in [0.25, 0.3) is 6.08 Å². The van der Waals surface area contributed by atoms with Crippen LogP contribution in [0.15, 0.2) is 40.0 Å². The van der Waals surface area contributed by atoms with Crippen LogP contribution < -0.4 is 5.32 Å². The minimum atomic E-state index is -3.50. The van der Waals surface area contributed by atoms with Crippen LogP contribution in [0.2, 0.25) is 0 Å². The first kappa shape index (κ1) is 16.9. The summed E-state index contributed by atoms with van der Waals surface area (Å²) < 4.78 is 27.4. The Balaban J connectivity index is 1.80. The van der Waals surface area contributed by atoms with Gasteiger partial charge in [0.2, 0.25) is 21.6 Å². The third-order valence-corrected chi connectivity index (χ3v) is 3.71. The minimum Gasteiger partial charge on any atom is -0.412 e. The average molecular weight is 335 g/mol. The monoisotopic (exact) mass is 335 g/mol. The second-order valence-corrected chi connectivity index (χ2v) is 6.91. The first-order chi connectivity index (χ1) is 10.8. The molecule has 1 aromatic heterocycles. The van der Waals surface area contributed by atoms with Crippen LogP contribution in [0.3, 0.4) is 0 Å². The quantitative estimate of drug-likeness (QED) is 0.795. The van der Waals surface area contributed by atoms with Crippen molar-refractivity contribution in [3.8, 4) is 0 Å². The predicted molar refractivity (Wildman–Crippen MR) is 84.3 cm³/mol. The molecule has 0 atom stereocenters. The number of carbonyl (C=O) groups excluding carboxylic acids is 1. The van der Waals surface area contributed by atoms with Crippen LogP contribution in [0.5, 0.6) is 0 Å². The molecule has 1 aromatic carbocycles. The lowest BCUT2D eigenvalue weighted by molar-refractivity contribution is -0.116. The molecule has 1 amide bonds. The number of hydrogen-bond donors (Lipinski definition) is 1. The van der Waals surface area contributed by atoms with Crippen molar-refractivity contribution < 1.29 is 17.6 Å². The number of aromatic nitrogens is 2. The van der Waals surface area contributed by atoms with Crippen LogP contribution in [0.4, 0.5) is 0 Å². The van der Waals surface area contributed by atoms with Gasteiger partial charge in [-0.2, -0.15) is 0 Å². The number of hydrogen-bond acceptors (Lipinski definition) is 6. The molecule has 0 saturated carbocycles. The summed E-state index contributed by atoms with van der Waals surface area (Å²) >= 11 is 0. The van der Waals surface area contributed by atoms with E-state index >= 15 is 0 Å². The van der Waals surface area contributed by atoms with Crippen LogP contribution >= 0.6 is 0 Å². The highest BCUT2D eigenvalue weighted by Gasteiger charge is 2.16. The van der Waals surface area contributed by atoms with E-state index in [0.717, 1.165) is 17.4 Å². The van der Waals surface area contributed by atoms with Gasteiger partial charge in [0.25, 0.3) is 0 Å². The molecule has 23 heavy (non-hydrogen) atoms. The van der Waals surface area contributed by atoms with E-state index in [1.54, 1.807) is 6.08 Å². The first-order valence-electron chi connectivity index (χ1n) is 6.89. The number of benzene rings is 1. The molecule has 0 unspecified atom stereocenters. The maximum atomic E-state index is 11.7. The lowest BCUT2D eigenvalue weighted by atomic mass is 10.1. The van der Waals surface area contributed by atoms with E-state index in [1.165, 1.54) is 6.08 Å². The molecule has 0 aliphatic heterocycles. The molecule has 2 aromatic rings. The molecule has 2 rings (SSSR count). The fourth-order valence-electron chi connectivity index (χ4n) is 1.69. The SMILES string of the molecule is Cc1ccc(/C=C/C(=O)NCCc2nnc(S(C)(=O)=O)o2)cc1. The summed E-state index contributed by atoms with van der Waals surface area (Å²) in [5.74, 6) is -0.0957. The highest BCUT2D eigenvalue weighted by molar-refractivity contribution is 7.90. The standard InChI is InChI=1S/C15H17N3O4S/c1-11-3-5-12(6-4-11)7-8-13(19)16-10-9-14-17-18-15(22-14)23(2,20)21/h3-8H,9-10H2,1-2H3,(H,16,19)/b8-7+. The van der Waals surface area contributed by atoms with Gasteiger partial charge in [0.15, 0.2) is 0 Å². The van der Waals surface area contributed by atoms with Gasteiger partial charge in [-0.15, -0.1) is 5.10 Å². The molecule has 122 valence electrons. The van der Waals surface area contributed by atoms with Crippen LogP contribution in [-0.2, 0) is 21.1 Å². The summed E-state index contributed by atoms with van der Waals surface area (Å²) in [5, 5.41) is 9.29. The van der Waals surface area contributed by atoms with E-state index in [1.807, 2.05) is 31.2 Å². The molecule has 0 radical (unpaired) electrons. The van der Waals surface area contributed by atoms with Gasteiger partial charge in [-0.3, -0.25) is 4.79 Å². The Morgan fingerprint density at radius 3 is 2.57 bits per heavy atom. The van der Waals surface area contributed by atoms with Gasteiger partial charge in [-0.1, -0.05) is 34.9 Å². The van der Waals surface area contributed by atoms with Crippen LogP contribution in [-0.4, -0.2) is 37.3 Å². The predicted octanol–water partition coefficient (Wildman–Crippen LogP) is 1.15.